The second kappa shape index (κ2) is 7.67. The van der Waals surface area contributed by atoms with E-state index in [1.165, 1.54) is 12.1 Å². The van der Waals surface area contributed by atoms with Gasteiger partial charge in [-0.2, -0.15) is 13.2 Å². The van der Waals surface area contributed by atoms with Gasteiger partial charge in [0.25, 0.3) is 5.56 Å². The molecule has 2 rings (SSSR count). The van der Waals surface area contributed by atoms with E-state index in [1.807, 2.05) is 0 Å². The highest BCUT2D eigenvalue weighted by Gasteiger charge is 2.35. The molecule has 2 aromatic rings. The van der Waals surface area contributed by atoms with Gasteiger partial charge in [0.05, 0.1) is 16.3 Å². The monoisotopic (exact) mass is 416 g/mol. The molecule has 0 atom stereocenters. The van der Waals surface area contributed by atoms with E-state index in [1.54, 1.807) is 20.8 Å². The number of hydrogen-bond acceptors (Lipinski definition) is 4. The molecule has 0 N–H and O–H groups in total. The summed E-state index contributed by atoms with van der Waals surface area (Å²) >= 11 is 6.00. The third-order valence-electron chi connectivity index (χ3n) is 3.99. The number of halogens is 4. The summed E-state index contributed by atoms with van der Waals surface area (Å²) in [6, 6.07) is 3.90. The van der Waals surface area contributed by atoms with Crippen LogP contribution in [-0.4, -0.2) is 15.1 Å². The second-order valence-corrected chi connectivity index (χ2v) is 6.56. The molecular weight excluding hydrogens is 401 g/mol. The Morgan fingerprint density at radius 2 is 1.71 bits per heavy atom. The Labute approximate surface area is 162 Å². The Bertz CT molecular complexity index is 1090. The number of ether oxygens (including phenoxy) is 1. The molecule has 1 aromatic carbocycles. The maximum Gasteiger partial charge on any atom is 0.431 e. The van der Waals surface area contributed by atoms with Gasteiger partial charge in [-0.25, -0.2) is 14.2 Å². The molecule has 1 aromatic heterocycles. The number of rotatable bonds is 3. The highest BCUT2D eigenvalue weighted by Crippen LogP contribution is 2.27. The number of alkyl halides is 3. The number of allylic oxidation sites excluding steroid dienone is 2. The molecule has 0 bridgehead atoms. The molecule has 0 saturated carbocycles. The molecule has 1 heterocycles. The SMILES string of the molecule is CC(C)=C(C)OC(=O)c1cc(-n2c(=O)cc(C(F)(F)F)n(C)c2=O)ccc1Cl. The summed E-state index contributed by atoms with van der Waals surface area (Å²) in [4.78, 5) is 36.9. The fraction of sp³-hybridized carbons (Fsp3) is 0.278. The van der Waals surface area contributed by atoms with Crippen LogP contribution in [0, 0.1) is 0 Å². The second-order valence-electron chi connectivity index (χ2n) is 6.15. The van der Waals surface area contributed by atoms with Crippen molar-refractivity contribution in [1.82, 2.24) is 9.13 Å². The number of hydrogen-bond donors (Lipinski definition) is 0. The summed E-state index contributed by atoms with van der Waals surface area (Å²) in [5, 5.41) is -0.00732. The summed E-state index contributed by atoms with van der Waals surface area (Å²) in [5.74, 6) is -0.489. The lowest BCUT2D eigenvalue weighted by atomic mass is 10.2. The molecule has 150 valence electrons. The molecule has 10 heteroatoms. The van der Waals surface area contributed by atoms with E-state index in [-0.39, 0.29) is 16.3 Å². The predicted octanol–water partition coefficient (Wildman–Crippen LogP) is 3.68. The van der Waals surface area contributed by atoms with Gasteiger partial charge >= 0.3 is 17.8 Å². The van der Waals surface area contributed by atoms with E-state index in [2.05, 4.69) is 0 Å². The maximum absolute atomic E-state index is 13.0. The molecule has 0 radical (unpaired) electrons. The highest BCUT2D eigenvalue weighted by atomic mass is 35.5. The van der Waals surface area contributed by atoms with E-state index in [4.69, 9.17) is 16.3 Å². The van der Waals surface area contributed by atoms with Crippen LogP contribution in [0.1, 0.15) is 36.8 Å². The van der Waals surface area contributed by atoms with Gasteiger partial charge in [0.2, 0.25) is 0 Å². The van der Waals surface area contributed by atoms with Crippen LogP contribution in [0.15, 0.2) is 45.2 Å². The minimum atomic E-state index is -4.87. The number of aromatic nitrogens is 2. The van der Waals surface area contributed by atoms with Crippen molar-refractivity contribution >= 4 is 17.6 Å². The van der Waals surface area contributed by atoms with Crippen LogP contribution in [0.2, 0.25) is 5.02 Å². The highest BCUT2D eigenvalue weighted by molar-refractivity contribution is 6.33. The Kier molecular flexibility index (Phi) is 5.88. The Morgan fingerprint density at radius 3 is 2.25 bits per heavy atom. The average molecular weight is 417 g/mol. The molecule has 0 spiro atoms. The maximum atomic E-state index is 13.0. The summed E-state index contributed by atoms with van der Waals surface area (Å²) in [7, 11) is 0.893. The molecule has 0 aliphatic rings. The van der Waals surface area contributed by atoms with Crippen LogP contribution in [0.5, 0.6) is 0 Å². The summed E-state index contributed by atoms with van der Waals surface area (Å²) in [5.41, 5.74) is -3.32. The molecule has 28 heavy (non-hydrogen) atoms. The lowest BCUT2D eigenvalue weighted by Crippen LogP contribution is -2.40. The number of esters is 1. The molecule has 6 nitrogen and oxygen atoms in total. The normalized spacial score (nSPS) is 11.3. The number of carbonyl (C=O) groups excluding carboxylic acids is 1. The third kappa shape index (κ3) is 4.19. The lowest BCUT2D eigenvalue weighted by molar-refractivity contribution is -0.144. The Hall–Kier alpha value is -2.81. The van der Waals surface area contributed by atoms with Gasteiger partial charge in [-0.05, 0) is 44.5 Å². The van der Waals surface area contributed by atoms with Crippen molar-refractivity contribution in [3.8, 4) is 5.69 Å². The summed E-state index contributed by atoms with van der Waals surface area (Å²) in [6.07, 6.45) is -4.87. The quantitative estimate of drug-likeness (QED) is 0.565. The number of benzene rings is 1. The van der Waals surface area contributed by atoms with Gasteiger partial charge in [-0.15, -0.1) is 0 Å². The Morgan fingerprint density at radius 1 is 1.11 bits per heavy atom. The molecule has 0 unspecified atom stereocenters. The van der Waals surface area contributed by atoms with Crippen molar-refractivity contribution in [3.05, 3.63) is 72.7 Å². The van der Waals surface area contributed by atoms with E-state index in [0.29, 0.717) is 21.0 Å². The smallest absolute Gasteiger partial charge is 0.428 e. The van der Waals surface area contributed by atoms with Gasteiger partial charge in [0.15, 0.2) is 0 Å². The van der Waals surface area contributed by atoms with Gasteiger partial charge in [-0.1, -0.05) is 11.6 Å². The minimum absolute atomic E-state index is 0.00732. The zero-order valence-electron chi connectivity index (χ0n) is 15.3. The summed E-state index contributed by atoms with van der Waals surface area (Å²) < 4.78 is 44.9. The van der Waals surface area contributed by atoms with Crippen LogP contribution in [0.4, 0.5) is 13.2 Å². The van der Waals surface area contributed by atoms with Crippen molar-refractivity contribution in [2.75, 3.05) is 0 Å². The van der Waals surface area contributed by atoms with E-state index >= 15 is 0 Å². The topological polar surface area (TPSA) is 70.3 Å². The van der Waals surface area contributed by atoms with Crippen molar-refractivity contribution in [2.24, 2.45) is 7.05 Å². The fourth-order valence-electron chi connectivity index (χ4n) is 2.24. The van der Waals surface area contributed by atoms with Gasteiger partial charge in [0, 0.05) is 13.1 Å². The van der Waals surface area contributed by atoms with Gasteiger partial charge in [-0.3, -0.25) is 9.36 Å². The fourth-order valence-corrected chi connectivity index (χ4v) is 2.43. The molecule has 0 aliphatic heterocycles. The Balaban J connectivity index is 2.64. The van der Waals surface area contributed by atoms with Crippen LogP contribution in [-0.2, 0) is 18.0 Å². The zero-order chi connectivity index (χ0) is 21.4. The molecule has 0 fully saturated rings. The molecular formula is C18H16ClF3N2O4. The van der Waals surface area contributed by atoms with Crippen LogP contribution in [0.25, 0.3) is 5.69 Å². The lowest BCUT2D eigenvalue weighted by Gasteiger charge is -2.14. The van der Waals surface area contributed by atoms with Crippen LogP contribution >= 0.6 is 11.6 Å². The number of nitrogens with zero attached hydrogens (tertiary/aromatic N) is 2. The summed E-state index contributed by atoms with van der Waals surface area (Å²) in [6.45, 7) is 5.03. The average Bonchev–Trinajstić information content (AvgIpc) is 2.58. The zero-order valence-corrected chi connectivity index (χ0v) is 16.1. The van der Waals surface area contributed by atoms with Gasteiger partial charge < -0.3 is 4.74 Å². The van der Waals surface area contributed by atoms with E-state index in [0.717, 1.165) is 18.7 Å². The first-order valence-corrected chi connectivity index (χ1v) is 8.29. The van der Waals surface area contributed by atoms with Crippen molar-refractivity contribution < 1.29 is 22.7 Å². The number of carbonyl (C=O) groups is 1. The predicted molar refractivity (Wildman–Crippen MR) is 96.8 cm³/mol. The van der Waals surface area contributed by atoms with Crippen molar-refractivity contribution in [2.45, 2.75) is 26.9 Å². The first-order chi connectivity index (χ1) is 12.8. The molecule has 0 saturated heterocycles. The van der Waals surface area contributed by atoms with Crippen molar-refractivity contribution in [1.29, 1.82) is 0 Å². The third-order valence-corrected chi connectivity index (χ3v) is 4.32. The molecule has 0 amide bonds. The van der Waals surface area contributed by atoms with Crippen LogP contribution in [0.3, 0.4) is 0 Å². The van der Waals surface area contributed by atoms with E-state index in [9.17, 15) is 27.6 Å². The molecule has 0 aliphatic carbocycles. The van der Waals surface area contributed by atoms with Gasteiger partial charge in [0.1, 0.15) is 11.5 Å². The first-order valence-electron chi connectivity index (χ1n) is 7.91. The van der Waals surface area contributed by atoms with Crippen LogP contribution < -0.4 is 11.2 Å². The van der Waals surface area contributed by atoms with E-state index < -0.39 is 29.1 Å². The standard InChI is InChI=1S/C18H16ClF3N2O4/c1-9(2)10(3)28-16(26)12-7-11(5-6-13(12)19)24-15(25)8-14(18(20,21)22)23(4)17(24)27/h5-8H,1-4H3. The first kappa shape index (κ1) is 21.5. The van der Waals surface area contributed by atoms with Crippen molar-refractivity contribution in [3.63, 3.8) is 0 Å². The largest absolute Gasteiger partial charge is 0.431 e. The minimum Gasteiger partial charge on any atom is -0.428 e.